The van der Waals surface area contributed by atoms with Crippen LogP contribution in [0, 0.1) is 11.3 Å². The van der Waals surface area contributed by atoms with Crippen molar-refractivity contribution in [2.45, 2.75) is 19.8 Å². The number of hydrogen-bond donors (Lipinski definition) is 0. The molecule has 0 spiro atoms. The molecule has 0 fully saturated rings. The van der Waals surface area contributed by atoms with Crippen LogP contribution >= 0.6 is 0 Å². The third kappa shape index (κ3) is 4.69. The molecule has 1 aliphatic rings. The van der Waals surface area contributed by atoms with Crippen molar-refractivity contribution in [1.82, 2.24) is 0 Å². The first-order valence-electron chi connectivity index (χ1n) is 10.1. The minimum atomic E-state index is -0.632. The molecule has 2 aromatic carbocycles. The van der Waals surface area contributed by atoms with Crippen LogP contribution in [0.3, 0.4) is 0 Å². The largest absolute Gasteiger partial charge is 0.494 e. The molecule has 0 aromatic heterocycles. The molecule has 0 saturated carbocycles. The van der Waals surface area contributed by atoms with Gasteiger partial charge in [0.15, 0.2) is 6.61 Å². The Balaban J connectivity index is 1.66. The molecule has 31 heavy (non-hydrogen) atoms. The summed E-state index contributed by atoms with van der Waals surface area (Å²) in [6.07, 6.45) is 2.00. The van der Waals surface area contributed by atoms with Crippen molar-refractivity contribution in [1.29, 1.82) is 5.26 Å². The summed E-state index contributed by atoms with van der Waals surface area (Å²) in [7, 11) is 3.58. The number of nitriles is 1. The van der Waals surface area contributed by atoms with Crippen LogP contribution in [0.2, 0.25) is 0 Å². The lowest BCUT2D eigenvalue weighted by molar-refractivity contribution is -0.118. The molecule has 1 heterocycles. The molecular weight excluding hydrogens is 394 g/mol. The van der Waals surface area contributed by atoms with E-state index in [0.717, 1.165) is 24.2 Å². The number of para-hydroxylation sites is 2. The monoisotopic (exact) mass is 419 g/mol. The maximum Gasteiger partial charge on any atom is 0.338 e. The third-order valence-corrected chi connectivity index (χ3v) is 5.05. The van der Waals surface area contributed by atoms with Gasteiger partial charge < -0.3 is 19.3 Å². The van der Waals surface area contributed by atoms with Crippen molar-refractivity contribution in [2.24, 2.45) is 0 Å². The number of carbonyl (C=O) groups is 2. The van der Waals surface area contributed by atoms with Gasteiger partial charge in [-0.15, -0.1) is 0 Å². The SMILES string of the molecule is CCCCOc1ccc(C(=O)OCC(=O)C(C#N)=C2N(C)c3ccccc3N2C)cc1. The van der Waals surface area contributed by atoms with Crippen molar-refractivity contribution in [3.05, 3.63) is 65.5 Å². The van der Waals surface area contributed by atoms with E-state index in [2.05, 4.69) is 6.92 Å². The first kappa shape index (κ1) is 21.9. The normalized spacial score (nSPS) is 12.3. The third-order valence-electron chi connectivity index (χ3n) is 5.05. The number of carbonyl (C=O) groups excluding carboxylic acids is 2. The summed E-state index contributed by atoms with van der Waals surface area (Å²) in [5.74, 6) is -0.0631. The van der Waals surface area contributed by atoms with E-state index in [1.165, 1.54) is 0 Å². The number of ether oxygens (including phenoxy) is 2. The summed E-state index contributed by atoms with van der Waals surface area (Å²) >= 11 is 0. The fourth-order valence-corrected chi connectivity index (χ4v) is 3.37. The van der Waals surface area contributed by atoms with Crippen molar-refractivity contribution in [2.75, 3.05) is 37.1 Å². The van der Waals surface area contributed by atoms with Gasteiger partial charge in [0.2, 0.25) is 5.78 Å². The molecule has 0 amide bonds. The zero-order valence-electron chi connectivity index (χ0n) is 17.9. The van der Waals surface area contributed by atoms with Gasteiger partial charge in [0.25, 0.3) is 0 Å². The average Bonchev–Trinajstić information content (AvgIpc) is 3.04. The summed E-state index contributed by atoms with van der Waals surface area (Å²) in [5, 5.41) is 9.64. The molecule has 2 aromatic rings. The fraction of sp³-hybridized carbons (Fsp3) is 0.292. The van der Waals surface area contributed by atoms with Crippen LogP contribution in [0.1, 0.15) is 30.1 Å². The summed E-state index contributed by atoms with van der Waals surface area (Å²) in [6.45, 7) is 2.18. The van der Waals surface area contributed by atoms with E-state index < -0.39 is 18.4 Å². The number of anilines is 2. The Labute approximate surface area is 182 Å². The Bertz CT molecular complexity index is 1010. The van der Waals surface area contributed by atoms with Crippen molar-refractivity contribution >= 4 is 23.1 Å². The second-order valence-corrected chi connectivity index (χ2v) is 7.14. The molecule has 0 saturated heterocycles. The Morgan fingerprint density at radius 2 is 1.61 bits per heavy atom. The lowest BCUT2D eigenvalue weighted by atomic mass is 10.2. The van der Waals surface area contributed by atoms with Gasteiger partial charge in [-0.2, -0.15) is 5.26 Å². The molecule has 0 bridgehead atoms. The molecule has 7 heteroatoms. The molecule has 3 rings (SSSR count). The molecule has 7 nitrogen and oxygen atoms in total. The lowest BCUT2D eigenvalue weighted by Gasteiger charge is -2.19. The van der Waals surface area contributed by atoms with Gasteiger partial charge in [0.05, 0.1) is 23.5 Å². The minimum Gasteiger partial charge on any atom is -0.494 e. The van der Waals surface area contributed by atoms with Gasteiger partial charge >= 0.3 is 5.97 Å². The summed E-state index contributed by atoms with van der Waals surface area (Å²) < 4.78 is 10.7. The summed E-state index contributed by atoms with van der Waals surface area (Å²) in [4.78, 5) is 28.6. The topological polar surface area (TPSA) is 82.9 Å². The number of nitrogens with zero attached hydrogens (tertiary/aromatic N) is 3. The maximum absolute atomic E-state index is 12.7. The number of benzene rings is 2. The van der Waals surface area contributed by atoms with E-state index >= 15 is 0 Å². The molecule has 0 aliphatic carbocycles. The Kier molecular flexibility index (Phi) is 6.93. The zero-order valence-corrected chi connectivity index (χ0v) is 17.9. The molecule has 0 unspecified atom stereocenters. The van der Waals surface area contributed by atoms with E-state index in [9.17, 15) is 14.9 Å². The Morgan fingerprint density at radius 3 is 2.16 bits per heavy atom. The van der Waals surface area contributed by atoms with Gasteiger partial charge in [-0.1, -0.05) is 25.5 Å². The Morgan fingerprint density at radius 1 is 1.00 bits per heavy atom. The Hall–Kier alpha value is -3.79. The van der Waals surface area contributed by atoms with Gasteiger partial charge in [-0.25, -0.2) is 4.79 Å². The summed E-state index contributed by atoms with van der Waals surface area (Å²) in [5.41, 5.74) is 2.02. The van der Waals surface area contributed by atoms with E-state index in [1.807, 2.05) is 30.3 Å². The van der Waals surface area contributed by atoms with E-state index in [1.54, 1.807) is 48.2 Å². The number of unbranched alkanes of at least 4 members (excludes halogenated alkanes) is 1. The first-order valence-corrected chi connectivity index (χ1v) is 10.1. The molecular formula is C24H25N3O4. The number of hydrogen-bond acceptors (Lipinski definition) is 7. The number of Topliss-reactive ketones (excluding diaryl/α,β-unsaturated/α-hetero) is 1. The number of fused-ring (bicyclic) bond motifs is 1. The van der Waals surface area contributed by atoms with E-state index in [0.29, 0.717) is 23.7 Å². The van der Waals surface area contributed by atoms with Crippen LogP contribution in [0.25, 0.3) is 0 Å². The van der Waals surface area contributed by atoms with Crippen molar-refractivity contribution in [3.63, 3.8) is 0 Å². The molecule has 0 N–H and O–H groups in total. The van der Waals surface area contributed by atoms with Crippen molar-refractivity contribution < 1.29 is 19.1 Å². The molecule has 0 radical (unpaired) electrons. The number of esters is 1. The number of rotatable bonds is 8. The van der Waals surface area contributed by atoms with Crippen LogP contribution in [-0.2, 0) is 9.53 Å². The standard InChI is InChI=1S/C24H25N3O4/c1-4-5-14-30-18-12-10-17(11-13-18)24(29)31-16-22(28)19(15-25)23-26(2)20-8-6-7-9-21(20)27(23)3/h6-13H,4-5,14,16H2,1-3H3. The second kappa shape index (κ2) is 9.81. The number of ketones is 1. The second-order valence-electron chi connectivity index (χ2n) is 7.14. The van der Waals surface area contributed by atoms with Gasteiger partial charge in [-0.3, -0.25) is 4.79 Å². The fourth-order valence-electron chi connectivity index (χ4n) is 3.37. The van der Waals surface area contributed by atoms with Crippen LogP contribution in [0.4, 0.5) is 11.4 Å². The first-order chi connectivity index (χ1) is 15.0. The average molecular weight is 419 g/mol. The van der Waals surface area contributed by atoms with Crippen LogP contribution in [-0.4, -0.2) is 39.1 Å². The molecule has 160 valence electrons. The van der Waals surface area contributed by atoms with Crippen molar-refractivity contribution in [3.8, 4) is 11.8 Å². The zero-order chi connectivity index (χ0) is 22.4. The highest BCUT2D eigenvalue weighted by Crippen LogP contribution is 2.40. The van der Waals surface area contributed by atoms with Gasteiger partial charge in [-0.05, 0) is 42.8 Å². The highest BCUT2D eigenvalue weighted by atomic mass is 16.5. The van der Waals surface area contributed by atoms with Gasteiger partial charge in [0.1, 0.15) is 23.2 Å². The molecule has 0 atom stereocenters. The smallest absolute Gasteiger partial charge is 0.338 e. The minimum absolute atomic E-state index is 0.0614. The molecule has 1 aliphatic heterocycles. The van der Waals surface area contributed by atoms with Crippen LogP contribution < -0.4 is 14.5 Å². The quantitative estimate of drug-likeness (QED) is 0.278. The highest BCUT2D eigenvalue weighted by Gasteiger charge is 2.31. The maximum atomic E-state index is 12.7. The predicted molar refractivity (Wildman–Crippen MR) is 118 cm³/mol. The van der Waals surface area contributed by atoms with E-state index in [4.69, 9.17) is 9.47 Å². The van der Waals surface area contributed by atoms with Gasteiger partial charge in [0, 0.05) is 14.1 Å². The summed E-state index contributed by atoms with van der Waals surface area (Å²) in [6, 6.07) is 16.1. The van der Waals surface area contributed by atoms with Crippen LogP contribution in [0.5, 0.6) is 5.75 Å². The lowest BCUT2D eigenvalue weighted by Crippen LogP contribution is -2.27. The van der Waals surface area contributed by atoms with E-state index in [-0.39, 0.29) is 5.57 Å². The predicted octanol–water partition coefficient (Wildman–Crippen LogP) is 3.91. The highest BCUT2D eigenvalue weighted by molar-refractivity contribution is 6.04. The van der Waals surface area contributed by atoms with Crippen LogP contribution in [0.15, 0.2) is 59.9 Å².